The number of aliphatic hydroxyl groups excluding tert-OH is 2. The van der Waals surface area contributed by atoms with Gasteiger partial charge in [0.15, 0.2) is 5.82 Å². The number of carbonyl (C=O) groups is 1. The second kappa shape index (κ2) is 6.89. The number of aromatic nitrogens is 3. The van der Waals surface area contributed by atoms with Crippen LogP contribution in [-0.4, -0.2) is 62.0 Å². The van der Waals surface area contributed by atoms with Gasteiger partial charge in [-0.25, -0.2) is 4.98 Å². The Hall–Kier alpha value is -2.25. The van der Waals surface area contributed by atoms with Crippen molar-refractivity contribution in [1.29, 1.82) is 0 Å². The Bertz CT molecular complexity index is 634. The Morgan fingerprint density at radius 2 is 2.00 bits per heavy atom. The number of piperidine rings is 1. The second-order valence-electron chi connectivity index (χ2n) is 5.79. The maximum Gasteiger partial charge on any atom is 0.253 e. The monoisotopic (exact) mass is 316 g/mol. The highest BCUT2D eigenvalue weighted by molar-refractivity contribution is 5.94. The van der Waals surface area contributed by atoms with E-state index in [1.807, 2.05) is 12.1 Å². The predicted molar refractivity (Wildman–Crippen MR) is 83.5 cm³/mol. The summed E-state index contributed by atoms with van der Waals surface area (Å²) >= 11 is 0. The van der Waals surface area contributed by atoms with Crippen LogP contribution >= 0.6 is 0 Å². The van der Waals surface area contributed by atoms with Gasteiger partial charge in [0, 0.05) is 24.2 Å². The van der Waals surface area contributed by atoms with Crippen molar-refractivity contribution in [2.24, 2.45) is 5.92 Å². The Morgan fingerprint density at radius 3 is 2.57 bits per heavy atom. The van der Waals surface area contributed by atoms with Crippen LogP contribution < -0.4 is 0 Å². The van der Waals surface area contributed by atoms with Crippen LogP contribution in [0.3, 0.4) is 0 Å². The SMILES string of the molecule is O=C(c1ccc(-c2ncn[nH]2)cc1)N1CCC(C(O)CO)CC1. The van der Waals surface area contributed by atoms with E-state index in [-0.39, 0.29) is 18.4 Å². The molecule has 0 saturated carbocycles. The fourth-order valence-corrected chi connectivity index (χ4v) is 2.93. The van der Waals surface area contributed by atoms with Gasteiger partial charge in [0.25, 0.3) is 5.91 Å². The molecule has 1 aliphatic heterocycles. The van der Waals surface area contributed by atoms with E-state index in [2.05, 4.69) is 15.2 Å². The molecule has 7 heteroatoms. The molecular weight excluding hydrogens is 296 g/mol. The van der Waals surface area contributed by atoms with Crippen LogP contribution in [0.15, 0.2) is 30.6 Å². The fraction of sp³-hybridized carbons (Fsp3) is 0.438. The lowest BCUT2D eigenvalue weighted by molar-refractivity contribution is 0.0179. The van der Waals surface area contributed by atoms with Crippen LogP contribution in [0.25, 0.3) is 11.4 Å². The van der Waals surface area contributed by atoms with Crippen LogP contribution in [-0.2, 0) is 0 Å². The first-order chi connectivity index (χ1) is 11.2. The highest BCUT2D eigenvalue weighted by Crippen LogP contribution is 2.22. The molecule has 1 atom stereocenters. The zero-order chi connectivity index (χ0) is 16.2. The lowest BCUT2D eigenvalue weighted by atomic mass is 9.91. The lowest BCUT2D eigenvalue weighted by Gasteiger charge is -2.33. The Labute approximate surface area is 134 Å². The quantitative estimate of drug-likeness (QED) is 0.770. The molecule has 3 rings (SSSR count). The predicted octanol–water partition coefficient (Wildman–Crippen LogP) is 0.677. The van der Waals surface area contributed by atoms with E-state index >= 15 is 0 Å². The number of aromatic amines is 1. The number of carbonyl (C=O) groups excluding carboxylic acids is 1. The second-order valence-corrected chi connectivity index (χ2v) is 5.79. The molecule has 7 nitrogen and oxygen atoms in total. The van der Waals surface area contributed by atoms with Crippen LogP contribution in [0.4, 0.5) is 0 Å². The topological polar surface area (TPSA) is 102 Å². The summed E-state index contributed by atoms with van der Waals surface area (Å²) in [6, 6.07) is 7.26. The number of nitrogens with one attached hydrogen (secondary N) is 1. The van der Waals surface area contributed by atoms with E-state index < -0.39 is 6.10 Å². The van der Waals surface area contributed by atoms with Crippen molar-refractivity contribution in [2.75, 3.05) is 19.7 Å². The standard InChI is InChI=1S/C16H20N4O3/c21-9-14(22)11-5-7-20(8-6-11)16(23)13-3-1-12(2-4-13)15-17-10-18-19-15/h1-4,10-11,14,21-22H,5-9H2,(H,17,18,19). The Kier molecular flexibility index (Phi) is 4.68. The van der Waals surface area contributed by atoms with Crippen molar-refractivity contribution in [3.8, 4) is 11.4 Å². The maximum absolute atomic E-state index is 12.5. The van der Waals surface area contributed by atoms with Crippen molar-refractivity contribution in [3.05, 3.63) is 36.2 Å². The van der Waals surface area contributed by atoms with Gasteiger partial charge >= 0.3 is 0 Å². The van der Waals surface area contributed by atoms with E-state index in [0.717, 1.165) is 5.56 Å². The van der Waals surface area contributed by atoms with Gasteiger partial charge in [0.05, 0.1) is 12.7 Å². The molecule has 0 spiro atoms. The molecule has 1 aromatic heterocycles. The van der Waals surface area contributed by atoms with E-state index in [4.69, 9.17) is 5.11 Å². The molecule has 1 fully saturated rings. The first kappa shape index (κ1) is 15.6. The highest BCUT2D eigenvalue weighted by Gasteiger charge is 2.27. The summed E-state index contributed by atoms with van der Waals surface area (Å²) in [7, 11) is 0. The van der Waals surface area contributed by atoms with Crippen LogP contribution in [0.2, 0.25) is 0 Å². The number of nitrogens with zero attached hydrogens (tertiary/aromatic N) is 3. The minimum atomic E-state index is -0.687. The third-order valence-corrected chi connectivity index (χ3v) is 4.38. The summed E-state index contributed by atoms with van der Waals surface area (Å²) in [5.74, 6) is 0.728. The summed E-state index contributed by atoms with van der Waals surface area (Å²) in [6.45, 7) is 0.983. The first-order valence-corrected chi connectivity index (χ1v) is 7.73. The van der Waals surface area contributed by atoms with Gasteiger partial charge in [0.1, 0.15) is 6.33 Å². The number of H-pyrrole nitrogens is 1. The van der Waals surface area contributed by atoms with Gasteiger partial charge in [-0.15, -0.1) is 0 Å². The van der Waals surface area contributed by atoms with Crippen molar-refractivity contribution >= 4 is 5.91 Å². The summed E-state index contributed by atoms with van der Waals surface area (Å²) in [6.07, 6.45) is 2.18. The average Bonchev–Trinajstić information content (AvgIpc) is 3.15. The molecule has 0 bridgehead atoms. The van der Waals surface area contributed by atoms with Gasteiger partial charge < -0.3 is 15.1 Å². The van der Waals surface area contributed by atoms with E-state index in [9.17, 15) is 9.90 Å². The molecule has 23 heavy (non-hydrogen) atoms. The van der Waals surface area contributed by atoms with Gasteiger partial charge in [-0.3, -0.25) is 9.89 Å². The number of amides is 1. The van der Waals surface area contributed by atoms with Gasteiger partial charge in [-0.2, -0.15) is 5.10 Å². The molecule has 3 N–H and O–H groups in total. The summed E-state index contributed by atoms with van der Waals surface area (Å²) < 4.78 is 0. The lowest BCUT2D eigenvalue weighted by Crippen LogP contribution is -2.42. The van der Waals surface area contributed by atoms with E-state index in [1.54, 1.807) is 17.0 Å². The number of hydrogen-bond donors (Lipinski definition) is 3. The maximum atomic E-state index is 12.5. The molecule has 2 aromatic rings. The molecule has 1 aliphatic rings. The molecule has 0 aliphatic carbocycles. The van der Waals surface area contributed by atoms with Crippen LogP contribution in [0, 0.1) is 5.92 Å². The largest absolute Gasteiger partial charge is 0.394 e. The molecule has 122 valence electrons. The molecule has 1 unspecified atom stereocenters. The smallest absolute Gasteiger partial charge is 0.253 e. The summed E-state index contributed by atoms with van der Waals surface area (Å²) in [4.78, 5) is 18.4. The average molecular weight is 316 g/mol. The minimum Gasteiger partial charge on any atom is -0.394 e. The zero-order valence-electron chi connectivity index (χ0n) is 12.7. The number of hydrogen-bond acceptors (Lipinski definition) is 5. The van der Waals surface area contributed by atoms with Crippen molar-refractivity contribution in [2.45, 2.75) is 18.9 Å². The number of benzene rings is 1. The Morgan fingerprint density at radius 1 is 1.30 bits per heavy atom. The third kappa shape index (κ3) is 3.40. The summed E-state index contributed by atoms with van der Waals surface area (Å²) in [5.41, 5.74) is 1.51. The van der Waals surface area contributed by atoms with Gasteiger partial charge in [-0.1, -0.05) is 12.1 Å². The molecule has 1 saturated heterocycles. The van der Waals surface area contributed by atoms with Crippen molar-refractivity contribution in [3.63, 3.8) is 0 Å². The Balaban J connectivity index is 1.63. The molecule has 1 aromatic carbocycles. The fourth-order valence-electron chi connectivity index (χ4n) is 2.93. The molecule has 2 heterocycles. The van der Waals surface area contributed by atoms with Gasteiger partial charge in [0.2, 0.25) is 0 Å². The molecular formula is C16H20N4O3. The molecule has 1 amide bonds. The van der Waals surface area contributed by atoms with Crippen LogP contribution in [0.1, 0.15) is 23.2 Å². The number of rotatable bonds is 4. The van der Waals surface area contributed by atoms with Crippen LogP contribution in [0.5, 0.6) is 0 Å². The highest BCUT2D eigenvalue weighted by atomic mass is 16.3. The first-order valence-electron chi connectivity index (χ1n) is 7.73. The third-order valence-electron chi connectivity index (χ3n) is 4.38. The normalized spacial score (nSPS) is 17.2. The van der Waals surface area contributed by atoms with E-state index in [1.165, 1.54) is 6.33 Å². The van der Waals surface area contributed by atoms with E-state index in [0.29, 0.717) is 37.3 Å². The van der Waals surface area contributed by atoms with Crippen molar-refractivity contribution in [1.82, 2.24) is 20.1 Å². The minimum absolute atomic E-state index is 0.00828. The summed E-state index contributed by atoms with van der Waals surface area (Å²) in [5, 5.41) is 25.3. The zero-order valence-corrected chi connectivity index (χ0v) is 12.7. The number of likely N-dealkylation sites (tertiary alicyclic amines) is 1. The van der Waals surface area contributed by atoms with Crippen molar-refractivity contribution < 1.29 is 15.0 Å². The number of aliphatic hydroxyl groups is 2. The van der Waals surface area contributed by atoms with Gasteiger partial charge in [-0.05, 0) is 30.9 Å². The molecule has 0 radical (unpaired) electrons.